The van der Waals surface area contributed by atoms with Crippen molar-refractivity contribution in [3.8, 4) is 0 Å². The lowest BCUT2D eigenvalue weighted by atomic mass is 10.0. The molecular formula is C9H15N5OS. The molecular weight excluding hydrogens is 226 g/mol. The SMILES string of the molecule is CCCC(C(=O)NCc1ncn[nH]1)C(N)=S. The van der Waals surface area contributed by atoms with E-state index in [1.54, 1.807) is 0 Å². The summed E-state index contributed by atoms with van der Waals surface area (Å²) < 4.78 is 0. The summed E-state index contributed by atoms with van der Waals surface area (Å²) in [5.41, 5.74) is 5.51. The zero-order valence-corrected chi connectivity index (χ0v) is 9.88. The summed E-state index contributed by atoms with van der Waals surface area (Å²) >= 11 is 4.85. The van der Waals surface area contributed by atoms with Gasteiger partial charge in [-0.2, -0.15) is 5.10 Å². The van der Waals surface area contributed by atoms with Crippen LogP contribution in [0.3, 0.4) is 0 Å². The van der Waals surface area contributed by atoms with Gasteiger partial charge < -0.3 is 11.1 Å². The zero-order valence-electron chi connectivity index (χ0n) is 9.06. The summed E-state index contributed by atoms with van der Waals surface area (Å²) in [6.07, 6.45) is 2.91. The predicted octanol–water partition coefficient (Wildman–Crippen LogP) is 0.123. The summed E-state index contributed by atoms with van der Waals surface area (Å²) in [6.45, 7) is 2.29. The lowest BCUT2D eigenvalue weighted by Crippen LogP contribution is -2.37. The smallest absolute Gasteiger partial charge is 0.230 e. The molecule has 88 valence electrons. The van der Waals surface area contributed by atoms with Crippen LogP contribution in [0.4, 0.5) is 0 Å². The maximum atomic E-state index is 11.7. The number of rotatable bonds is 6. The van der Waals surface area contributed by atoms with Gasteiger partial charge in [-0.15, -0.1) is 0 Å². The normalized spacial score (nSPS) is 12.1. The van der Waals surface area contributed by atoms with Crippen molar-refractivity contribution in [1.29, 1.82) is 0 Å². The Hall–Kier alpha value is -1.50. The summed E-state index contributed by atoms with van der Waals surface area (Å²) in [4.78, 5) is 15.9. The van der Waals surface area contributed by atoms with E-state index in [0.29, 0.717) is 18.8 Å². The summed E-state index contributed by atoms with van der Waals surface area (Å²) in [5.74, 6) is 0.0419. The van der Waals surface area contributed by atoms with Gasteiger partial charge in [0.2, 0.25) is 5.91 Å². The molecule has 0 aliphatic carbocycles. The second-order valence-electron chi connectivity index (χ2n) is 3.39. The molecule has 0 fully saturated rings. The first-order valence-corrected chi connectivity index (χ1v) is 5.47. The third kappa shape index (κ3) is 3.58. The van der Waals surface area contributed by atoms with E-state index < -0.39 is 5.92 Å². The van der Waals surface area contributed by atoms with Crippen molar-refractivity contribution in [2.24, 2.45) is 11.7 Å². The standard InChI is InChI=1S/C9H15N5OS/c1-2-3-6(8(10)16)9(15)11-4-7-12-5-13-14-7/h5-6H,2-4H2,1H3,(H2,10,16)(H,11,15)(H,12,13,14). The highest BCUT2D eigenvalue weighted by atomic mass is 32.1. The molecule has 1 amide bonds. The number of nitrogens with zero attached hydrogens (tertiary/aromatic N) is 2. The Bertz CT molecular complexity index is 351. The highest BCUT2D eigenvalue weighted by molar-refractivity contribution is 7.80. The van der Waals surface area contributed by atoms with Gasteiger partial charge in [0.05, 0.1) is 17.5 Å². The van der Waals surface area contributed by atoms with Gasteiger partial charge in [0.15, 0.2) is 0 Å². The maximum Gasteiger partial charge on any atom is 0.230 e. The Morgan fingerprint density at radius 2 is 2.50 bits per heavy atom. The molecule has 0 saturated carbocycles. The van der Waals surface area contributed by atoms with Crippen LogP contribution >= 0.6 is 12.2 Å². The number of amides is 1. The van der Waals surface area contributed by atoms with Crippen LogP contribution < -0.4 is 11.1 Å². The van der Waals surface area contributed by atoms with Crippen LogP contribution in [-0.2, 0) is 11.3 Å². The number of nitrogens with two attached hydrogens (primary N) is 1. The average molecular weight is 241 g/mol. The van der Waals surface area contributed by atoms with Gasteiger partial charge in [-0.3, -0.25) is 9.89 Å². The Morgan fingerprint density at radius 1 is 1.75 bits per heavy atom. The Morgan fingerprint density at radius 3 is 3.00 bits per heavy atom. The molecule has 0 bridgehead atoms. The lowest BCUT2D eigenvalue weighted by molar-refractivity contribution is -0.123. The number of hydrogen-bond acceptors (Lipinski definition) is 4. The minimum atomic E-state index is -0.400. The van der Waals surface area contributed by atoms with Gasteiger partial charge in [-0.1, -0.05) is 25.6 Å². The lowest BCUT2D eigenvalue weighted by Gasteiger charge is -2.13. The molecule has 1 atom stereocenters. The largest absolute Gasteiger partial charge is 0.393 e. The maximum absolute atomic E-state index is 11.7. The Kier molecular flexibility index (Phi) is 4.84. The van der Waals surface area contributed by atoms with Gasteiger partial charge in [-0.05, 0) is 6.42 Å². The first-order chi connectivity index (χ1) is 7.65. The molecule has 1 aromatic heterocycles. The van der Waals surface area contributed by atoms with E-state index >= 15 is 0 Å². The third-order valence-corrected chi connectivity index (χ3v) is 2.42. The van der Waals surface area contributed by atoms with Gasteiger partial charge in [-0.25, -0.2) is 4.98 Å². The molecule has 7 heteroatoms. The van der Waals surface area contributed by atoms with E-state index in [2.05, 4.69) is 20.5 Å². The molecule has 16 heavy (non-hydrogen) atoms. The third-order valence-electron chi connectivity index (χ3n) is 2.13. The molecule has 1 aromatic rings. The van der Waals surface area contributed by atoms with Crippen molar-refractivity contribution >= 4 is 23.1 Å². The second-order valence-corrected chi connectivity index (χ2v) is 3.87. The van der Waals surface area contributed by atoms with Crippen molar-refractivity contribution in [1.82, 2.24) is 20.5 Å². The minimum absolute atomic E-state index is 0.161. The van der Waals surface area contributed by atoms with E-state index in [0.717, 1.165) is 6.42 Å². The van der Waals surface area contributed by atoms with Gasteiger partial charge in [0.25, 0.3) is 0 Å². The van der Waals surface area contributed by atoms with Gasteiger partial charge >= 0.3 is 0 Å². The van der Waals surface area contributed by atoms with Crippen LogP contribution in [0.2, 0.25) is 0 Å². The minimum Gasteiger partial charge on any atom is -0.393 e. The fourth-order valence-corrected chi connectivity index (χ4v) is 1.53. The van der Waals surface area contributed by atoms with E-state index in [1.807, 2.05) is 6.92 Å². The molecule has 0 aliphatic rings. The number of aromatic nitrogens is 3. The van der Waals surface area contributed by atoms with Gasteiger partial charge in [0, 0.05) is 0 Å². The summed E-state index contributed by atoms with van der Waals surface area (Å²) in [6, 6.07) is 0. The number of carbonyl (C=O) groups is 1. The van der Waals surface area contributed by atoms with Crippen molar-refractivity contribution < 1.29 is 4.79 Å². The first kappa shape index (κ1) is 12.6. The molecule has 1 unspecified atom stereocenters. The highest BCUT2D eigenvalue weighted by Gasteiger charge is 2.20. The fourth-order valence-electron chi connectivity index (χ4n) is 1.30. The van der Waals surface area contributed by atoms with Crippen molar-refractivity contribution in [3.05, 3.63) is 12.2 Å². The van der Waals surface area contributed by atoms with E-state index in [-0.39, 0.29) is 10.9 Å². The summed E-state index contributed by atoms with van der Waals surface area (Å²) in [5, 5.41) is 9.04. The number of carbonyl (C=O) groups excluding carboxylic acids is 1. The highest BCUT2D eigenvalue weighted by Crippen LogP contribution is 2.07. The first-order valence-electron chi connectivity index (χ1n) is 5.06. The molecule has 0 radical (unpaired) electrons. The monoisotopic (exact) mass is 241 g/mol. The van der Waals surface area contributed by atoms with Crippen LogP contribution in [0, 0.1) is 5.92 Å². The molecule has 0 spiro atoms. The van der Waals surface area contributed by atoms with E-state index in [1.165, 1.54) is 6.33 Å². The zero-order chi connectivity index (χ0) is 12.0. The van der Waals surface area contributed by atoms with Gasteiger partial charge in [0.1, 0.15) is 12.2 Å². The fraction of sp³-hybridized carbons (Fsp3) is 0.556. The van der Waals surface area contributed by atoms with Crippen LogP contribution in [-0.4, -0.2) is 26.1 Å². The van der Waals surface area contributed by atoms with Crippen molar-refractivity contribution in [2.75, 3.05) is 0 Å². The van der Waals surface area contributed by atoms with Crippen molar-refractivity contribution in [2.45, 2.75) is 26.3 Å². The number of hydrogen-bond donors (Lipinski definition) is 3. The molecule has 4 N–H and O–H groups in total. The Labute approximate surface area is 99.0 Å². The Balaban J connectivity index is 2.46. The number of aromatic amines is 1. The van der Waals surface area contributed by atoms with Crippen LogP contribution in [0.5, 0.6) is 0 Å². The van der Waals surface area contributed by atoms with Crippen molar-refractivity contribution in [3.63, 3.8) is 0 Å². The molecule has 1 rings (SSSR count). The van der Waals surface area contributed by atoms with E-state index in [9.17, 15) is 4.79 Å². The predicted molar refractivity (Wildman–Crippen MR) is 63.4 cm³/mol. The van der Waals surface area contributed by atoms with Crippen LogP contribution in [0.1, 0.15) is 25.6 Å². The van der Waals surface area contributed by atoms with Crippen LogP contribution in [0.15, 0.2) is 6.33 Å². The number of nitrogens with one attached hydrogen (secondary N) is 2. The molecule has 6 nitrogen and oxygen atoms in total. The number of thiocarbonyl (C=S) groups is 1. The quantitative estimate of drug-likeness (QED) is 0.615. The second kappa shape index (κ2) is 6.16. The molecule has 0 saturated heterocycles. The molecule has 1 heterocycles. The number of H-pyrrole nitrogens is 1. The molecule has 0 aliphatic heterocycles. The van der Waals surface area contributed by atoms with Crippen LogP contribution in [0.25, 0.3) is 0 Å². The topological polar surface area (TPSA) is 96.7 Å². The summed E-state index contributed by atoms with van der Waals surface area (Å²) in [7, 11) is 0. The average Bonchev–Trinajstić information content (AvgIpc) is 2.75. The molecule has 0 aromatic carbocycles. The van der Waals surface area contributed by atoms with E-state index in [4.69, 9.17) is 18.0 Å².